The van der Waals surface area contributed by atoms with Crippen molar-refractivity contribution in [3.8, 4) is 0 Å². The summed E-state index contributed by atoms with van der Waals surface area (Å²) in [6.45, 7) is 3.69. The van der Waals surface area contributed by atoms with Crippen LogP contribution in [0.1, 0.15) is 16.7 Å². The molecule has 2 atom stereocenters. The van der Waals surface area contributed by atoms with Crippen LogP contribution in [0, 0.1) is 12.7 Å². The minimum absolute atomic E-state index is 0.203. The maximum absolute atomic E-state index is 14.3. The molecule has 0 N–H and O–H groups in total. The summed E-state index contributed by atoms with van der Waals surface area (Å²) in [5.74, 6) is -0.203. The highest BCUT2D eigenvalue weighted by Gasteiger charge is 2.32. The van der Waals surface area contributed by atoms with Crippen LogP contribution in [-0.2, 0) is 22.5 Å². The van der Waals surface area contributed by atoms with E-state index in [-0.39, 0.29) is 18.0 Å². The van der Waals surface area contributed by atoms with E-state index in [4.69, 9.17) is 4.74 Å². The molecular weight excluding hydrogens is 305 g/mol. The number of nitrogens with zero attached hydrogens (tertiary/aromatic N) is 1. The van der Waals surface area contributed by atoms with Gasteiger partial charge in [0.2, 0.25) is 0 Å². The lowest BCUT2D eigenvalue weighted by Gasteiger charge is -2.38. The zero-order valence-corrected chi connectivity index (χ0v) is 13.8. The van der Waals surface area contributed by atoms with E-state index in [0.717, 1.165) is 11.8 Å². The summed E-state index contributed by atoms with van der Waals surface area (Å²) in [6.07, 6.45) is 1.01. The van der Waals surface area contributed by atoms with Gasteiger partial charge in [0.25, 0.3) is 0 Å². The van der Waals surface area contributed by atoms with Crippen LogP contribution in [0.2, 0.25) is 0 Å². The van der Waals surface area contributed by atoms with Crippen molar-refractivity contribution in [1.29, 1.82) is 0 Å². The fourth-order valence-electron chi connectivity index (χ4n) is 3.24. The molecular formula is C20H22FNO2. The Bertz CT molecular complexity index is 689. The second kappa shape index (κ2) is 7.69. The van der Waals surface area contributed by atoms with Gasteiger partial charge in [0.15, 0.2) is 0 Å². The van der Waals surface area contributed by atoms with Crippen molar-refractivity contribution in [3.63, 3.8) is 0 Å². The summed E-state index contributed by atoms with van der Waals surface area (Å²) in [6, 6.07) is 15.1. The van der Waals surface area contributed by atoms with Crippen molar-refractivity contribution < 1.29 is 13.9 Å². The summed E-state index contributed by atoms with van der Waals surface area (Å²) >= 11 is 0. The van der Waals surface area contributed by atoms with Crippen molar-refractivity contribution in [3.05, 3.63) is 71.0 Å². The first-order chi connectivity index (χ1) is 11.7. The van der Waals surface area contributed by atoms with Crippen molar-refractivity contribution in [2.75, 3.05) is 13.2 Å². The highest BCUT2D eigenvalue weighted by molar-refractivity contribution is 5.59. The molecule has 2 aromatic rings. The molecule has 3 nitrogen and oxygen atoms in total. The average molecular weight is 327 g/mol. The third-order valence-corrected chi connectivity index (χ3v) is 4.57. The number of hydrogen-bond acceptors (Lipinski definition) is 3. The van der Waals surface area contributed by atoms with Gasteiger partial charge >= 0.3 is 0 Å². The normalized spacial score (nSPS) is 21.6. The SMILES string of the molecule is Cc1cccc(CC2OCCN(Cc3ccccc3)C2C=O)c1F. The van der Waals surface area contributed by atoms with Gasteiger partial charge in [-0.25, -0.2) is 4.39 Å². The van der Waals surface area contributed by atoms with Crippen LogP contribution < -0.4 is 0 Å². The monoisotopic (exact) mass is 327 g/mol. The Balaban J connectivity index is 1.75. The van der Waals surface area contributed by atoms with Crippen molar-refractivity contribution in [1.82, 2.24) is 4.90 Å². The van der Waals surface area contributed by atoms with E-state index < -0.39 is 0 Å². The van der Waals surface area contributed by atoms with E-state index in [1.165, 1.54) is 0 Å². The van der Waals surface area contributed by atoms with Crippen LogP contribution >= 0.6 is 0 Å². The number of ether oxygens (including phenoxy) is 1. The number of aryl methyl sites for hydroxylation is 1. The predicted octanol–water partition coefficient (Wildman–Crippen LogP) is 3.15. The number of halogens is 1. The second-order valence-corrected chi connectivity index (χ2v) is 6.24. The second-order valence-electron chi connectivity index (χ2n) is 6.24. The van der Waals surface area contributed by atoms with Crippen LogP contribution in [0.4, 0.5) is 4.39 Å². The minimum Gasteiger partial charge on any atom is -0.374 e. The van der Waals surface area contributed by atoms with Crippen LogP contribution in [0.5, 0.6) is 0 Å². The van der Waals surface area contributed by atoms with Crippen molar-refractivity contribution >= 4 is 6.29 Å². The molecule has 0 bridgehead atoms. The van der Waals surface area contributed by atoms with Gasteiger partial charge in [-0.15, -0.1) is 0 Å². The molecule has 0 saturated carbocycles. The Morgan fingerprint density at radius 2 is 2.00 bits per heavy atom. The third kappa shape index (κ3) is 3.71. The molecule has 4 heteroatoms. The van der Waals surface area contributed by atoms with Gasteiger partial charge in [0.1, 0.15) is 12.1 Å². The Labute approximate surface area is 142 Å². The van der Waals surface area contributed by atoms with Crippen molar-refractivity contribution in [2.45, 2.75) is 32.0 Å². The van der Waals surface area contributed by atoms with Crippen LogP contribution in [0.15, 0.2) is 48.5 Å². The molecule has 0 radical (unpaired) electrons. The van der Waals surface area contributed by atoms with Gasteiger partial charge in [-0.1, -0.05) is 48.5 Å². The lowest BCUT2D eigenvalue weighted by atomic mass is 9.98. The molecule has 24 heavy (non-hydrogen) atoms. The molecule has 1 aliphatic rings. The summed E-state index contributed by atoms with van der Waals surface area (Å²) < 4.78 is 20.1. The Hall–Kier alpha value is -2.04. The summed E-state index contributed by atoms with van der Waals surface area (Å²) in [5.41, 5.74) is 2.38. The number of carbonyl (C=O) groups is 1. The molecule has 1 heterocycles. The predicted molar refractivity (Wildman–Crippen MR) is 91.3 cm³/mol. The van der Waals surface area contributed by atoms with E-state index in [1.54, 1.807) is 19.1 Å². The van der Waals surface area contributed by atoms with Gasteiger partial charge in [0, 0.05) is 19.5 Å². The van der Waals surface area contributed by atoms with Gasteiger partial charge in [-0.3, -0.25) is 4.90 Å². The number of aldehydes is 1. The number of morpholine rings is 1. The summed E-state index contributed by atoms with van der Waals surface area (Å²) in [5, 5.41) is 0. The van der Waals surface area contributed by atoms with Gasteiger partial charge < -0.3 is 9.53 Å². The number of benzene rings is 2. The van der Waals surface area contributed by atoms with Crippen LogP contribution in [0.3, 0.4) is 0 Å². The molecule has 0 spiro atoms. The summed E-state index contributed by atoms with van der Waals surface area (Å²) in [4.78, 5) is 13.8. The molecule has 2 unspecified atom stereocenters. The fourth-order valence-corrected chi connectivity index (χ4v) is 3.24. The zero-order chi connectivity index (χ0) is 16.9. The Kier molecular flexibility index (Phi) is 5.38. The van der Waals surface area contributed by atoms with E-state index >= 15 is 0 Å². The first kappa shape index (κ1) is 16.8. The molecule has 1 aliphatic heterocycles. The molecule has 126 valence electrons. The zero-order valence-electron chi connectivity index (χ0n) is 13.8. The number of carbonyl (C=O) groups excluding carboxylic acids is 1. The first-order valence-electron chi connectivity index (χ1n) is 8.28. The maximum Gasteiger partial charge on any atom is 0.139 e. The van der Waals surface area contributed by atoms with E-state index in [0.29, 0.717) is 37.2 Å². The highest BCUT2D eigenvalue weighted by atomic mass is 19.1. The standard InChI is InChI=1S/C20H22FNO2/c1-15-6-5-9-17(20(15)21)12-19-18(14-23)22(10-11-24-19)13-16-7-3-2-4-8-16/h2-9,14,18-19H,10-13H2,1H3. The fraction of sp³-hybridized carbons (Fsp3) is 0.350. The lowest BCUT2D eigenvalue weighted by Crippen LogP contribution is -2.52. The number of rotatable bonds is 5. The minimum atomic E-state index is -0.362. The van der Waals surface area contributed by atoms with Crippen LogP contribution in [0.25, 0.3) is 0 Å². The molecule has 1 fully saturated rings. The van der Waals surface area contributed by atoms with Crippen LogP contribution in [-0.4, -0.2) is 36.5 Å². The van der Waals surface area contributed by atoms with Gasteiger partial charge in [-0.2, -0.15) is 0 Å². The third-order valence-electron chi connectivity index (χ3n) is 4.57. The van der Waals surface area contributed by atoms with E-state index in [2.05, 4.69) is 4.90 Å². The highest BCUT2D eigenvalue weighted by Crippen LogP contribution is 2.22. The summed E-state index contributed by atoms with van der Waals surface area (Å²) in [7, 11) is 0. The first-order valence-corrected chi connectivity index (χ1v) is 8.28. The van der Waals surface area contributed by atoms with E-state index in [1.807, 2.05) is 36.4 Å². The molecule has 0 amide bonds. The topological polar surface area (TPSA) is 29.5 Å². The molecule has 0 aromatic heterocycles. The smallest absolute Gasteiger partial charge is 0.139 e. The molecule has 2 aromatic carbocycles. The van der Waals surface area contributed by atoms with E-state index in [9.17, 15) is 9.18 Å². The molecule has 0 aliphatic carbocycles. The average Bonchev–Trinajstić information content (AvgIpc) is 2.60. The largest absolute Gasteiger partial charge is 0.374 e. The van der Waals surface area contributed by atoms with Crippen molar-refractivity contribution in [2.24, 2.45) is 0 Å². The Morgan fingerprint density at radius 1 is 1.21 bits per heavy atom. The maximum atomic E-state index is 14.3. The Morgan fingerprint density at radius 3 is 2.75 bits per heavy atom. The number of hydrogen-bond donors (Lipinski definition) is 0. The quantitative estimate of drug-likeness (QED) is 0.790. The molecule has 1 saturated heterocycles. The molecule has 3 rings (SSSR count). The lowest BCUT2D eigenvalue weighted by molar-refractivity contribution is -0.127. The van der Waals surface area contributed by atoms with Gasteiger partial charge in [-0.05, 0) is 23.6 Å². The van der Waals surface area contributed by atoms with Gasteiger partial charge in [0.05, 0.1) is 18.8 Å².